The van der Waals surface area contributed by atoms with Crippen molar-refractivity contribution in [2.75, 3.05) is 0 Å². The van der Waals surface area contributed by atoms with Crippen LogP contribution in [-0.2, 0) is 0 Å². The van der Waals surface area contributed by atoms with Gasteiger partial charge in [0.25, 0.3) is 0 Å². The predicted octanol–water partition coefficient (Wildman–Crippen LogP) is -0.0241. The summed E-state index contributed by atoms with van der Waals surface area (Å²) in [5.41, 5.74) is 1.34. The lowest BCUT2D eigenvalue weighted by Gasteiger charge is -1.87. The molecule has 78 valence electrons. The molecule has 2 rings (SSSR count). The Morgan fingerprint density at radius 2 is 1.93 bits per heavy atom. The highest BCUT2D eigenvalue weighted by atomic mass is 79.9. The van der Waals surface area contributed by atoms with Gasteiger partial charge in [0.1, 0.15) is 0 Å². The van der Waals surface area contributed by atoms with Crippen molar-refractivity contribution in [1.29, 1.82) is 0 Å². The van der Waals surface area contributed by atoms with Gasteiger partial charge in [0.05, 0.1) is 0 Å². The lowest BCUT2D eigenvalue weighted by atomic mass is 10.3. The fraction of sp³-hybridized carbons (Fsp3) is 0.0833. The summed E-state index contributed by atoms with van der Waals surface area (Å²) in [7, 11) is 0. The van der Waals surface area contributed by atoms with Crippen LogP contribution in [-0.4, -0.2) is 0 Å². The van der Waals surface area contributed by atoms with Crippen molar-refractivity contribution in [3.63, 3.8) is 0 Å². The molecule has 0 unspecified atom stereocenters. The second kappa shape index (κ2) is 5.83. The first-order valence-electron chi connectivity index (χ1n) is 4.54. The van der Waals surface area contributed by atoms with Crippen molar-refractivity contribution >= 4 is 23.6 Å². The van der Waals surface area contributed by atoms with Gasteiger partial charge in [-0.3, -0.25) is 0 Å². The topological polar surface area (TPSA) is 3.88 Å². The predicted molar refractivity (Wildman–Crippen MR) is 60.9 cm³/mol. The van der Waals surface area contributed by atoms with E-state index in [0.717, 1.165) is 0 Å². The van der Waals surface area contributed by atoms with Crippen LogP contribution in [0.1, 0.15) is 10.4 Å². The molecule has 0 N–H and O–H groups in total. The van der Waals surface area contributed by atoms with Crippen molar-refractivity contribution < 1.29 is 21.5 Å². The van der Waals surface area contributed by atoms with Gasteiger partial charge in [-0.2, -0.15) is 4.57 Å². The van der Waals surface area contributed by atoms with Crippen LogP contribution >= 0.6 is 11.3 Å². The highest BCUT2D eigenvalue weighted by molar-refractivity contribution is 7.11. The van der Waals surface area contributed by atoms with Crippen LogP contribution in [0.3, 0.4) is 0 Å². The van der Waals surface area contributed by atoms with Gasteiger partial charge in [0.2, 0.25) is 0 Å². The molecule has 2 aromatic heterocycles. The summed E-state index contributed by atoms with van der Waals surface area (Å²) in [6, 6.07) is 8.19. The second-order valence-electron chi connectivity index (χ2n) is 3.11. The molecular formula is C12H12BrNS. The van der Waals surface area contributed by atoms with Crippen LogP contribution in [0.4, 0.5) is 0 Å². The fourth-order valence-corrected chi connectivity index (χ4v) is 2.03. The number of hydrogen-bond acceptors (Lipinski definition) is 1. The van der Waals surface area contributed by atoms with Gasteiger partial charge in [-0.25, -0.2) is 0 Å². The van der Waals surface area contributed by atoms with Crippen molar-refractivity contribution in [1.82, 2.24) is 0 Å². The van der Waals surface area contributed by atoms with E-state index in [-0.39, 0.29) is 17.0 Å². The number of thiophene rings is 1. The molecule has 3 heteroatoms. The third kappa shape index (κ3) is 3.29. The highest BCUT2D eigenvalue weighted by Crippen LogP contribution is 2.16. The summed E-state index contributed by atoms with van der Waals surface area (Å²) in [5, 5.41) is 2.12. The summed E-state index contributed by atoms with van der Waals surface area (Å²) in [5.74, 6) is 0. The summed E-state index contributed by atoms with van der Waals surface area (Å²) in [6.45, 7) is 2.13. The van der Waals surface area contributed by atoms with Crippen LogP contribution < -0.4 is 21.5 Å². The Morgan fingerprint density at radius 3 is 2.53 bits per heavy atom. The molecule has 0 radical (unpaired) electrons. The smallest absolute Gasteiger partial charge is 0.175 e. The number of hydrogen-bond donors (Lipinski definition) is 0. The van der Waals surface area contributed by atoms with Gasteiger partial charge in [-0.15, -0.1) is 11.3 Å². The lowest BCUT2D eigenvalue weighted by Crippen LogP contribution is -3.00. The molecule has 0 saturated heterocycles. The number of aryl methyl sites for hydroxylation is 1. The Kier molecular flexibility index (Phi) is 4.72. The average molecular weight is 282 g/mol. The van der Waals surface area contributed by atoms with E-state index in [1.165, 1.54) is 10.4 Å². The van der Waals surface area contributed by atoms with Crippen LogP contribution in [0.5, 0.6) is 0 Å². The Morgan fingerprint density at radius 1 is 1.20 bits per heavy atom. The zero-order chi connectivity index (χ0) is 9.80. The van der Waals surface area contributed by atoms with E-state index in [4.69, 9.17) is 0 Å². The zero-order valence-electron chi connectivity index (χ0n) is 8.43. The maximum absolute atomic E-state index is 2.14. The quantitative estimate of drug-likeness (QED) is 0.682. The molecule has 0 atom stereocenters. The monoisotopic (exact) mass is 281 g/mol. The second-order valence-corrected chi connectivity index (χ2v) is 4.05. The largest absolute Gasteiger partial charge is 1.00 e. The fourth-order valence-electron chi connectivity index (χ4n) is 1.22. The standard InChI is InChI=1S/C12H12NS.BrH/c1-11-6-10-14-12(11)5-9-13-7-3-2-4-8-13;/h2-10H,1H3;1H/q+1;/p-1. The van der Waals surface area contributed by atoms with E-state index in [0.29, 0.717) is 0 Å². The first kappa shape index (κ1) is 12.1. The molecule has 0 amide bonds. The van der Waals surface area contributed by atoms with E-state index in [1.807, 2.05) is 35.2 Å². The van der Waals surface area contributed by atoms with E-state index in [2.05, 4.69) is 30.6 Å². The summed E-state index contributed by atoms with van der Waals surface area (Å²) >= 11 is 1.77. The number of halogens is 1. The molecule has 2 aromatic rings. The summed E-state index contributed by atoms with van der Waals surface area (Å²) < 4.78 is 2.04. The van der Waals surface area contributed by atoms with E-state index < -0.39 is 0 Å². The Labute approximate surface area is 104 Å². The molecule has 15 heavy (non-hydrogen) atoms. The third-order valence-electron chi connectivity index (χ3n) is 2.04. The molecule has 0 aromatic carbocycles. The Hall–Kier alpha value is -0.930. The molecule has 0 spiro atoms. The molecule has 0 bridgehead atoms. The maximum atomic E-state index is 2.14. The zero-order valence-corrected chi connectivity index (χ0v) is 10.8. The Bertz CT molecular complexity index is 434. The SMILES string of the molecule is Cc1ccsc1C=C[n+]1ccccc1.[Br-]. The summed E-state index contributed by atoms with van der Waals surface area (Å²) in [6.07, 6.45) is 8.26. The first-order chi connectivity index (χ1) is 6.86. The van der Waals surface area contributed by atoms with Gasteiger partial charge >= 0.3 is 0 Å². The van der Waals surface area contributed by atoms with Crippen molar-refractivity contribution in [3.05, 3.63) is 52.5 Å². The maximum Gasteiger partial charge on any atom is 0.175 e. The number of aromatic nitrogens is 1. The minimum absolute atomic E-state index is 0. The van der Waals surface area contributed by atoms with Crippen LogP contribution in [0.15, 0.2) is 42.0 Å². The third-order valence-corrected chi connectivity index (χ3v) is 3.02. The molecule has 0 saturated carbocycles. The van der Waals surface area contributed by atoms with Crippen molar-refractivity contribution in [3.8, 4) is 0 Å². The lowest BCUT2D eigenvalue weighted by molar-refractivity contribution is -0.567. The van der Waals surface area contributed by atoms with Crippen LogP contribution in [0, 0.1) is 6.92 Å². The Balaban J connectivity index is 0.00000112. The highest BCUT2D eigenvalue weighted by Gasteiger charge is 1.96. The van der Waals surface area contributed by atoms with E-state index >= 15 is 0 Å². The van der Waals surface area contributed by atoms with E-state index in [1.54, 1.807) is 11.3 Å². The first-order valence-corrected chi connectivity index (χ1v) is 5.42. The molecule has 0 aliphatic rings. The molecule has 0 fully saturated rings. The number of pyridine rings is 1. The molecule has 0 aliphatic heterocycles. The molecular weight excluding hydrogens is 270 g/mol. The normalized spacial score (nSPS) is 10.2. The number of rotatable bonds is 2. The van der Waals surface area contributed by atoms with Crippen LogP contribution in [0.25, 0.3) is 12.3 Å². The molecule has 1 nitrogen and oxygen atoms in total. The van der Waals surface area contributed by atoms with Gasteiger partial charge in [-0.05, 0) is 23.9 Å². The van der Waals surface area contributed by atoms with Crippen molar-refractivity contribution in [2.24, 2.45) is 0 Å². The van der Waals surface area contributed by atoms with Crippen molar-refractivity contribution in [2.45, 2.75) is 6.92 Å². The van der Waals surface area contributed by atoms with Gasteiger partial charge in [0, 0.05) is 23.1 Å². The minimum atomic E-state index is 0. The number of nitrogens with zero attached hydrogens (tertiary/aromatic N) is 1. The molecule has 0 aliphatic carbocycles. The van der Waals surface area contributed by atoms with Crippen LogP contribution in [0.2, 0.25) is 0 Å². The molecule has 2 heterocycles. The summed E-state index contributed by atoms with van der Waals surface area (Å²) in [4.78, 5) is 1.32. The van der Waals surface area contributed by atoms with Gasteiger partial charge in [0.15, 0.2) is 18.6 Å². The average Bonchev–Trinajstić information content (AvgIpc) is 2.63. The van der Waals surface area contributed by atoms with Gasteiger partial charge < -0.3 is 17.0 Å². The minimum Gasteiger partial charge on any atom is -1.00 e. The van der Waals surface area contributed by atoms with E-state index in [9.17, 15) is 0 Å². The van der Waals surface area contributed by atoms with Gasteiger partial charge in [-0.1, -0.05) is 6.07 Å².